The molecule has 82 valence electrons. The van der Waals surface area contributed by atoms with E-state index < -0.39 is 0 Å². The standard InChI is InChI=1S/C10H9BrN4S/c11-8-4-14-15(6-8)5-7-2-1-3-13-9(7)10(12)16/h1-4,6H,5H2,(H2,12,16). The van der Waals surface area contributed by atoms with Crippen LogP contribution in [0.1, 0.15) is 11.3 Å². The molecule has 0 atom stereocenters. The van der Waals surface area contributed by atoms with E-state index in [-0.39, 0.29) is 0 Å². The highest BCUT2D eigenvalue weighted by Crippen LogP contribution is 2.11. The Bertz CT molecular complexity index is 523. The van der Waals surface area contributed by atoms with Gasteiger partial charge >= 0.3 is 0 Å². The second-order valence-electron chi connectivity index (χ2n) is 3.23. The largest absolute Gasteiger partial charge is 0.388 e. The minimum Gasteiger partial charge on any atom is -0.388 e. The van der Waals surface area contributed by atoms with Crippen molar-refractivity contribution in [3.05, 3.63) is 46.5 Å². The molecule has 0 radical (unpaired) electrons. The summed E-state index contributed by atoms with van der Waals surface area (Å²) in [6, 6.07) is 3.80. The molecule has 4 nitrogen and oxygen atoms in total. The van der Waals surface area contributed by atoms with Crippen molar-refractivity contribution in [2.24, 2.45) is 5.73 Å². The summed E-state index contributed by atoms with van der Waals surface area (Å²) >= 11 is 8.29. The fourth-order valence-corrected chi connectivity index (χ4v) is 1.90. The number of pyridine rings is 1. The van der Waals surface area contributed by atoms with E-state index in [4.69, 9.17) is 18.0 Å². The summed E-state index contributed by atoms with van der Waals surface area (Å²) in [5, 5.41) is 4.17. The van der Waals surface area contributed by atoms with Crippen LogP contribution in [-0.4, -0.2) is 19.8 Å². The molecule has 2 rings (SSSR count). The van der Waals surface area contributed by atoms with Gasteiger partial charge in [0.1, 0.15) is 10.7 Å². The highest BCUT2D eigenvalue weighted by Gasteiger charge is 2.06. The maximum atomic E-state index is 5.60. The lowest BCUT2D eigenvalue weighted by molar-refractivity contribution is 0.683. The first-order chi connectivity index (χ1) is 7.66. The van der Waals surface area contributed by atoms with Gasteiger partial charge in [-0.25, -0.2) is 0 Å². The molecule has 2 aromatic rings. The van der Waals surface area contributed by atoms with Crippen LogP contribution in [0.4, 0.5) is 0 Å². The molecule has 0 spiro atoms. The van der Waals surface area contributed by atoms with Crippen molar-refractivity contribution in [2.75, 3.05) is 0 Å². The Morgan fingerprint density at radius 3 is 3.00 bits per heavy atom. The Morgan fingerprint density at radius 2 is 2.38 bits per heavy atom. The average molecular weight is 297 g/mol. The summed E-state index contributed by atoms with van der Waals surface area (Å²) in [6.45, 7) is 0.603. The summed E-state index contributed by atoms with van der Waals surface area (Å²) in [5.41, 5.74) is 7.22. The maximum Gasteiger partial charge on any atom is 0.123 e. The van der Waals surface area contributed by atoms with Gasteiger partial charge in [-0.15, -0.1) is 0 Å². The van der Waals surface area contributed by atoms with E-state index in [1.807, 2.05) is 18.3 Å². The van der Waals surface area contributed by atoms with Gasteiger partial charge < -0.3 is 5.73 Å². The Kier molecular flexibility index (Phi) is 3.31. The van der Waals surface area contributed by atoms with Gasteiger partial charge in [0, 0.05) is 18.0 Å². The summed E-state index contributed by atoms with van der Waals surface area (Å²) in [4.78, 5) is 4.47. The predicted octanol–water partition coefficient (Wildman–Crippen LogP) is 1.72. The smallest absolute Gasteiger partial charge is 0.123 e. The molecule has 0 saturated heterocycles. The van der Waals surface area contributed by atoms with Crippen molar-refractivity contribution in [3.8, 4) is 0 Å². The third kappa shape index (κ3) is 2.45. The quantitative estimate of drug-likeness (QED) is 0.877. The van der Waals surface area contributed by atoms with Gasteiger partial charge in [-0.1, -0.05) is 18.3 Å². The molecule has 0 fully saturated rings. The van der Waals surface area contributed by atoms with Crippen molar-refractivity contribution in [1.29, 1.82) is 0 Å². The third-order valence-corrected chi connectivity index (χ3v) is 2.66. The molecule has 0 saturated carbocycles. The minimum absolute atomic E-state index is 0.307. The zero-order valence-electron chi connectivity index (χ0n) is 8.30. The van der Waals surface area contributed by atoms with E-state index in [0.29, 0.717) is 17.2 Å². The van der Waals surface area contributed by atoms with E-state index >= 15 is 0 Å². The first-order valence-corrected chi connectivity index (χ1v) is 5.78. The Morgan fingerprint density at radius 1 is 1.56 bits per heavy atom. The van der Waals surface area contributed by atoms with E-state index in [1.165, 1.54) is 0 Å². The number of nitrogens with zero attached hydrogens (tertiary/aromatic N) is 3. The number of thiocarbonyl (C=S) groups is 1. The van der Waals surface area contributed by atoms with E-state index in [2.05, 4.69) is 26.0 Å². The van der Waals surface area contributed by atoms with Crippen LogP contribution >= 0.6 is 28.1 Å². The summed E-state index contributed by atoms with van der Waals surface area (Å²) < 4.78 is 2.73. The van der Waals surface area contributed by atoms with Crippen molar-refractivity contribution < 1.29 is 0 Å². The molecule has 2 N–H and O–H groups in total. The molecule has 0 aromatic carbocycles. The van der Waals surface area contributed by atoms with Gasteiger partial charge in [0.05, 0.1) is 17.2 Å². The normalized spacial score (nSPS) is 10.3. The van der Waals surface area contributed by atoms with Crippen LogP contribution in [0.25, 0.3) is 0 Å². The summed E-state index contributed by atoms with van der Waals surface area (Å²) in [5.74, 6) is 0. The molecule has 0 aliphatic carbocycles. The Balaban J connectivity index is 2.31. The molecule has 0 unspecified atom stereocenters. The van der Waals surface area contributed by atoms with Crippen molar-refractivity contribution in [2.45, 2.75) is 6.54 Å². The lowest BCUT2D eigenvalue weighted by Gasteiger charge is -2.06. The van der Waals surface area contributed by atoms with Gasteiger partial charge in [0.25, 0.3) is 0 Å². The van der Waals surface area contributed by atoms with Crippen LogP contribution in [0.2, 0.25) is 0 Å². The van der Waals surface area contributed by atoms with Gasteiger partial charge in [-0.3, -0.25) is 9.67 Å². The van der Waals surface area contributed by atoms with Crippen LogP contribution in [0.5, 0.6) is 0 Å². The maximum absolute atomic E-state index is 5.60. The highest BCUT2D eigenvalue weighted by molar-refractivity contribution is 9.10. The number of rotatable bonds is 3. The zero-order chi connectivity index (χ0) is 11.5. The molecule has 0 bridgehead atoms. The monoisotopic (exact) mass is 296 g/mol. The van der Waals surface area contributed by atoms with E-state index in [1.54, 1.807) is 17.1 Å². The van der Waals surface area contributed by atoms with E-state index in [9.17, 15) is 0 Å². The number of hydrogen-bond acceptors (Lipinski definition) is 3. The van der Waals surface area contributed by atoms with Crippen LogP contribution in [0.3, 0.4) is 0 Å². The van der Waals surface area contributed by atoms with Gasteiger partial charge in [0.2, 0.25) is 0 Å². The lowest BCUT2D eigenvalue weighted by atomic mass is 10.2. The fourth-order valence-electron chi connectivity index (χ4n) is 1.39. The van der Waals surface area contributed by atoms with E-state index in [0.717, 1.165) is 10.0 Å². The fraction of sp³-hybridized carbons (Fsp3) is 0.100. The molecular weight excluding hydrogens is 288 g/mol. The Labute approximate surface area is 107 Å². The zero-order valence-corrected chi connectivity index (χ0v) is 10.7. The molecule has 0 aliphatic rings. The summed E-state index contributed by atoms with van der Waals surface area (Å²) in [7, 11) is 0. The van der Waals surface area contributed by atoms with Crippen LogP contribution < -0.4 is 5.73 Å². The molecular formula is C10H9BrN4S. The van der Waals surface area contributed by atoms with Crippen LogP contribution in [0, 0.1) is 0 Å². The van der Waals surface area contributed by atoms with Gasteiger partial charge in [-0.05, 0) is 22.0 Å². The topological polar surface area (TPSA) is 56.7 Å². The second-order valence-corrected chi connectivity index (χ2v) is 4.59. The number of hydrogen-bond donors (Lipinski definition) is 1. The number of nitrogens with two attached hydrogens (primary N) is 1. The number of aromatic nitrogens is 3. The molecule has 2 aromatic heterocycles. The SMILES string of the molecule is NC(=S)c1ncccc1Cn1cc(Br)cn1. The van der Waals surface area contributed by atoms with Crippen LogP contribution in [0.15, 0.2) is 35.2 Å². The van der Waals surface area contributed by atoms with Gasteiger partial charge in [0.15, 0.2) is 0 Å². The predicted molar refractivity (Wildman–Crippen MR) is 69.2 cm³/mol. The summed E-state index contributed by atoms with van der Waals surface area (Å²) in [6.07, 6.45) is 5.30. The first kappa shape index (κ1) is 11.2. The van der Waals surface area contributed by atoms with Gasteiger partial charge in [-0.2, -0.15) is 5.10 Å². The average Bonchev–Trinajstić information content (AvgIpc) is 2.64. The lowest BCUT2D eigenvalue weighted by Crippen LogP contribution is -2.16. The number of halogens is 1. The first-order valence-electron chi connectivity index (χ1n) is 4.58. The van der Waals surface area contributed by atoms with Crippen molar-refractivity contribution in [3.63, 3.8) is 0 Å². The third-order valence-electron chi connectivity index (χ3n) is 2.06. The molecule has 16 heavy (non-hydrogen) atoms. The van der Waals surface area contributed by atoms with Crippen molar-refractivity contribution in [1.82, 2.24) is 14.8 Å². The minimum atomic E-state index is 0.307. The van der Waals surface area contributed by atoms with Crippen molar-refractivity contribution >= 4 is 33.1 Å². The Hall–Kier alpha value is -1.27. The highest BCUT2D eigenvalue weighted by atomic mass is 79.9. The van der Waals surface area contributed by atoms with Crippen LogP contribution in [-0.2, 0) is 6.54 Å². The molecule has 0 amide bonds. The molecule has 0 aliphatic heterocycles. The molecule has 2 heterocycles. The molecule has 6 heteroatoms. The second kappa shape index (κ2) is 4.71.